The smallest absolute Gasteiger partial charge is 0.365 e. The standard InChI is InChI=1S/C25H23N3O4/c1-16-14-28(24(29)22-8-5-11-31-22)17(2)13-27(16)15-21-25(30)32-23(26-21)20-10-9-18-6-3-4-7-19(18)12-20/h3-12,15-17H,13-14H2,1-2H3. The lowest BCUT2D eigenvalue weighted by Gasteiger charge is -2.43. The van der Waals surface area contributed by atoms with Crippen molar-refractivity contribution in [1.82, 2.24) is 9.80 Å². The van der Waals surface area contributed by atoms with E-state index in [1.807, 2.05) is 61.2 Å². The van der Waals surface area contributed by atoms with E-state index in [2.05, 4.69) is 4.99 Å². The van der Waals surface area contributed by atoms with Crippen molar-refractivity contribution in [2.24, 2.45) is 4.99 Å². The van der Waals surface area contributed by atoms with Gasteiger partial charge < -0.3 is 19.0 Å². The Labute approximate surface area is 185 Å². The number of cyclic esters (lactones) is 1. The minimum absolute atomic E-state index is 0.00494. The molecule has 1 aromatic heterocycles. The van der Waals surface area contributed by atoms with Crippen molar-refractivity contribution >= 4 is 28.5 Å². The van der Waals surface area contributed by atoms with Gasteiger partial charge in [0.2, 0.25) is 5.90 Å². The third-order valence-electron chi connectivity index (χ3n) is 5.93. The number of hydrogen-bond donors (Lipinski definition) is 0. The van der Waals surface area contributed by atoms with Crippen molar-refractivity contribution in [3.05, 3.63) is 84.1 Å². The quantitative estimate of drug-likeness (QED) is 0.468. The van der Waals surface area contributed by atoms with Gasteiger partial charge >= 0.3 is 5.97 Å². The van der Waals surface area contributed by atoms with Gasteiger partial charge in [0, 0.05) is 36.9 Å². The number of rotatable bonds is 3. The first-order valence-corrected chi connectivity index (χ1v) is 10.6. The number of carbonyl (C=O) groups is 2. The summed E-state index contributed by atoms with van der Waals surface area (Å²) in [4.78, 5) is 33.5. The van der Waals surface area contributed by atoms with Crippen LogP contribution in [0, 0.1) is 0 Å². The van der Waals surface area contributed by atoms with Crippen LogP contribution >= 0.6 is 0 Å². The predicted octanol–water partition coefficient (Wildman–Crippen LogP) is 3.81. The van der Waals surface area contributed by atoms with Crippen LogP contribution in [0.2, 0.25) is 0 Å². The number of carbonyl (C=O) groups excluding carboxylic acids is 2. The highest BCUT2D eigenvalue weighted by molar-refractivity contribution is 6.12. The maximum Gasteiger partial charge on any atom is 0.365 e. The summed E-state index contributed by atoms with van der Waals surface area (Å²) in [7, 11) is 0. The first kappa shape index (κ1) is 20.1. The van der Waals surface area contributed by atoms with E-state index in [1.165, 1.54) is 6.26 Å². The van der Waals surface area contributed by atoms with Crippen LogP contribution in [0.4, 0.5) is 0 Å². The van der Waals surface area contributed by atoms with Crippen molar-refractivity contribution in [3.8, 4) is 0 Å². The van der Waals surface area contributed by atoms with Gasteiger partial charge in [-0.15, -0.1) is 0 Å². The molecule has 2 atom stereocenters. The molecule has 2 aliphatic rings. The molecular formula is C25H23N3O4. The molecule has 0 N–H and O–H groups in total. The number of aliphatic imine (C=N–C) groups is 1. The number of furan rings is 1. The molecule has 1 saturated heterocycles. The monoisotopic (exact) mass is 429 g/mol. The van der Waals surface area contributed by atoms with Crippen LogP contribution in [0.5, 0.6) is 0 Å². The molecule has 2 unspecified atom stereocenters. The molecule has 3 aromatic rings. The molecule has 2 aromatic carbocycles. The van der Waals surface area contributed by atoms with E-state index in [0.717, 1.165) is 16.3 Å². The van der Waals surface area contributed by atoms with Crippen molar-refractivity contribution < 1.29 is 18.7 Å². The Morgan fingerprint density at radius 1 is 1.03 bits per heavy atom. The molecule has 5 rings (SSSR count). The zero-order valence-electron chi connectivity index (χ0n) is 17.9. The van der Waals surface area contributed by atoms with Crippen LogP contribution in [-0.4, -0.2) is 52.7 Å². The lowest BCUT2D eigenvalue weighted by atomic mass is 10.1. The molecular weight excluding hydrogens is 406 g/mol. The number of amides is 1. The summed E-state index contributed by atoms with van der Waals surface area (Å²) in [6, 6.07) is 17.2. The molecule has 1 amide bonds. The number of ether oxygens (including phenoxy) is 1. The van der Waals surface area contributed by atoms with Crippen LogP contribution in [0.3, 0.4) is 0 Å². The molecule has 2 aliphatic heterocycles. The predicted molar refractivity (Wildman–Crippen MR) is 120 cm³/mol. The third-order valence-corrected chi connectivity index (χ3v) is 5.93. The molecule has 0 aliphatic carbocycles. The fraction of sp³-hybridized carbons (Fsp3) is 0.240. The summed E-state index contributed by atoms with van der Waals surface area (Å²) in [6.07, 6.45) is 3.24. The van der Waals surface area contributed by atoms with Crippen molar-refractivity contribution in [2.45, 2.75) is 25.9 Å². The second-order valence-corrected chi connectivity index (χ2v) is 8.21. The Morgan fingerprint density at radius 2 is 1.84 bits per heavy atom. The first-order valence-electron chi connectivity index (χ1n) is 10.6. The second-order valence-electron chi connectivity index (χ2n) is 8.21. The van der Waals surface area contributed by atoms with Crippen molar-refractivity contribution in [1.29, 1.82) is 0 Å². The molecule has 0 radical (unpaired) electrons. The van der Waals surface area contributed by atoms with E-state index in [0.29, 0.717) is 24.7 Å². The highest BCUT2D eigenvalue weighted by atomic mass is 16.6. The van der Waals surface area contributed by atoms with E-state index in [9.17, 15) is 9.59 Å². The van der Waals surface area contributed by atoms with Crippen LogP contribution in [0.1, 0.15) is 30.0 Å². The van der Waals surface area contributed by atoms with E-state index >= 15 is 0 Å². The molecule has 1 fully saturated rings. The van der Waals surface area contributed by atoms with E-state index in [-0.39, 0.29) is 23.7 Å². The number of nitrogens with zero attached hydrogens (tertiary/aromatic N) is 3. The average Bonchev–Trinajstić information content (AvgIpc) is 3.46. The summed E-state index contributed by atoms with van der Waals surface area (Å²) < 4.78 is 10.7. The minimum atomic E-state index is -0.470. The van der Waals surface area contributed by atoms with Crippen LogP contribution in [0.25, 0.3) is 10.8 Å². The summed E-state index contributed by atoms with van der Waals surface area (Å²) in [5.74, 6) is 0.0415. The van der Waals surface area contributed by atoms with Gasteiger partial charge in [-0.05, 0) is 48.9 Å². The largest absolute Gasteiger partial charge is 0.459 e. The summed E-state index contributed by atoms with van der Waals surface area (Å²) in [6.45, 7) is 5.08. The average molecular weight is 429 g/mol. The van der Waals surface area contributed by atoms with Gasteiger partial charge in [-0.1, -0.05) is 30.3 Å². The highest BCUT2D eigenvalue weighted by Crippen LogP contribution is 2.24. The molecule has 0 spiro atoms. The SMILES string of the molecule is CC1CN(C(=O)c2ccco2)C(C)CN1C=C1N=C(c2ccc3ccccc3c2)OC1=O. The fourth-order valence-electron chi connectivity index (χ4n) is 4.16. The molecule has 7 nitrogen and oxygen atoms in total. The Kier molecular flexibility index (Phi) is 5.01. The number of esters is 1. The van der Waals surface area contributed by atoms with Gasteiger partial charge in [0.1, 0.15) is 0 Å². The van der Waals surface area contributed by atoms with Gasteiger partial charge in [-0.3, -0.25) is 4.79 Å². The second kappa shape index (κ2) is 8.00. The topological polar surface area (TPSA) is 75.3 Å². The van der Waals surface area contributed by atoms with Crippen LogP contribution < -0.4 is 0 Å². The van der Waals surface area contributed by atoms with Gasteiger partial charge in [0.05, 0.1) is 6.26 Å². The van der Waals surface area contributed by atoms with Gasteiger partial charge in [0.25, 0.3) is 5.91 Å². The Balaban J connectivity index is 1.35. The van der Waals surface area contributed by atoms with Gasteiger partial charge in [0.15, 0.2) is 11.5 Å². The zero-order valence-corrected chi connectivity index (χ0v) is 17.9. The maximum absolute atomic E-state index is 12.7. The number of fused-ring (bicyclic) bond motifs is 1. The lowest BCUT2D eigenvalue weighted by Crippen LogP contribution is -2.56. The van der Waals surface area contributed by atoms with Crippen molar-refractivity contribution in [3.63, 3.8) is 0 Å². The number of piperazine rings is 1. The molecule has 32 heavy (non-hydrogen) atoms. The zero-order chi connectivity index (χ0) is 22.2. The summed E-state index contributed by atoms with van der Waals surface area (Å²) in [5.41, 5.74) is 1.02. The van der Waals surface area contributed by atoms with Crippen LogP contribution in [-0.2, 0) is 9.53 Å². The number of benzene rings is 2. The number of hydrogen-bond acceptors (Lipinski definition) is 6. The lowest BCUT2D eigenvalue weighted by molar-refractivity contribution is -0.130. The molecule has 0 bridgehead atoms. The van der Waals surface area contributed by atoms with E-state index in [1.54, 1.807) is 23.2 Å². The maximum atomic E-state index is 12.7. The Bertz CT molecular complexity index is 1250. The molecule has 0 saturated carbocycles. The normalized spacial score (nSPS) is 22.4. The van der Waals surface area contributed by atoms with Gasteiger partial charge in [-0.2, -0.15) is 0 Å². The van der Waals surface area contributed by atoms with Gasteiger partial charge in [-0.25, -0.2) is 9.79 Å². The van der Waals surface area contributed by atoms with E-state index < -0.39 is 5.97 Å². The molecule has 7 heteroatoms. The Morgan fingerprint density at radius 3 is 2.62 bits per heavy atom. The van der Waals surface area contributed by atoms with Crippen LogP contribution in [0.15, 0.2) is 82.2 Å². The molecule has 162 valence electrons. The first-order chi connectivity index (χ1) is 15.5. The highest BCUT2D eigenvalue weighted by Gasteiger charge is 2.34. The minimum Gasteiger partial charge on any atom is -0.459 e. The fourth-order valence-corrected chi connectivity index (χ4v) is 4.16. The summed E-state index contributed by atoms with van der Waals surface area (Å²) >= 11 is 0. The third kappa shape index (κ3) is 3.66. The molecule has 3 heterocycles. The Hall–Kier alpha value is -3.87. The van der Waals surface area contributed by atoms with E-state index in [4.69, 9.17) is 9.15 Å². The summed E-state index contributed by atoms with van der Waals surface area (Å²) in [5, 5.41) is 2.17. The van der Waals surface area contributed by atoms with Crippen molar-refractivity contribution in [2.75, 3.05) is 13.1 Å².